The molecule has 3 rings (SSSR count). The molecule has 1 saturated heterocycles. The van der Waals surface area contributed by atoms with Gasteiger partial charge in [-0.25, -0.2) is 14.6 Å². The maximum atomic E-state index is 12.0. The first-order valence-corrected chi connectivity index (χ1v) is 5.81. The predicted molar refractivity (Wildman–Crippen MR) is 61.9 cm³/mol. The highest BCUT2D eigenvalue weighted by atomic mass is 16.7. The first kappa shape index (κ1) is 11.1. The van der Waals surface area contributed by atoms with E-state index >= 15 is 0 Å². The first-order valence-electron chi connectivity index (χ1n) is 5.81. The summed E-state index contributed by atoms with van der Waals surface area (Å²) in [6.07, 6.45) is 0.843. The number of hydrogen-bond donors (Lipinski definition) is 0. The van der Waals surface area contributed by atoms with Crippen molar-refractivity contribution in [3.05, 3.63) is 23.3 Å². The lowest BCUT2D eigenvalue weighted by molar-refractivity contribution is -0.0775. The zero-order valence-corrected chi connectivity index (χ0v) is 10.3. The van der Waals surface area contributed by atoms with E-state index in [-0.39, 0.29) is 11.7 Å². The molecule has 3 heterocycles. The van der Waals surface area contributed by atoms with Crippen LogP contribution in [0.4, 0.5) is 0 Å². The quantitative estimate of drug-likeness (QED) is 0.734. The molecule has 1 aliphatic heterocycles. The van der Waals surface area contributed by atoms with Crippen molar-refractivity contribution in [1.82, 2.24) is 24.6 Å². The number of aryl methyl sites for hydroxylation is 2. The highest BCUT2D eigenvalue weighted by Crippen LogP contribution is 2.10. The van der Waals surface area contributed by atoms with E-state index in [2.05, 4.69) is 15.1 Å². The predicted octanol–water partition coefficient (Wildman–Crippen LogP) is 0.519. The second-order valence-corrected chi connectivity index (χ2v) is 4.28. The molecule has 0 radical (unpaired) electrons. The standard InChI is InChI=1S/C11H13N5O2/c1-7-6-8(2)16-11(12-7)13-9(14-16)10(17)15-4-3-5-18-15/h6H,3-5H2,1-2H3. The number of amides is 1. The fraction of sp³-hybridized carbons (Fsp3) is 0.455. The summed E-state index contributed by atoms with van der Waals surface area (Å²) in [5, 5.41) is 5.47. The molecule has 0 spiro atoms. The van der Waals surface area contributed by atoms with Gasteiger partial charge in [-0.1, -0.05) is 0 Å². The van der Waals surface area contributed by atoms with Gasteiger partial charge >= 0.3 is 5.91 Å². The summed E-state index contributed by atoms with van der Waals surface area (Å²) in [6.45, 7) is 4.93. The Morgan fingerprint density at radius 3 is 2.94 bits per heavy atom. The minimum absolute atomic E-state index is 0.123. The summed E-state index contributed by atoms with van der Waals surface area (Å²) in [5.41, 5.74) is 1.75. The molecule has 2 aromatic rings. The highest BCUT2D eigenvalue weighted by molar-refractivity contribution is 5.90. The van der Waals surface area contributed by atoms with Crippen LogP contribution in [0.5, 0.6) is 0 Å². The number of nitrogens with zero attached hydrogens (tertiary/aromatic N) is 5. The average Bonchev–Trinajstić information content (AvgIpc) is 2.96. The second kappa shape index (κ2) is 4.02. The van der Waals surface area contributed by atoms with E-state index in [0.717, 1.165) is 17.8 Å². The van der Waals surface area contributed by atoms with E-state index in [1.54, 1.807) is 4.52 Å². The van der Waals surface area contributed by atoms with Crippen molar-refractivity contribution in [2.45, 2.75) is 20.3 Å². The molecular formula is C11H13N5O2. The van der Waals surface area contributed by atoms with Crippen LogP contribution in [0.3, 0.4) is 0 Å². The van der Waals surface area contributed by atoms with Gasteiger partial charge in [0.05, 0.1) is 13.2 Å². The van der Waals surface area contributed by atoms with Gasteiger partial charge in [0.1, 0.15) is 0 Å². The Morgan fingerprint density at radius 1 is 1.39 bits per heavy atom. The van der Waals surface area contributed by atoms with E-state index in [4.69, 9.17) is 4.84 Å². The largest absolute Gasteiger partial charge is 0.317 e. The van der Waals surface area contributed by atoms with Crippen molar-refractivity contribution in [3.63, 3.8) is 0 Å². The third kappa shape index (κ3) is 1.72. The van der Waals surface area contributed by atoms with E-state index in [1.807, 2.05) is 19.9 Å². The molecular weight excluding hydrogens is 234 g/mol. The minimum atomic E-state index is -0.310. The third-order valence-electron chi connectivity index (χ3n) is 2.79. The first-order chi connectivity index (χ1) is 8.65. The molecule has 0 atom stereocenters. The van der Waals surface area contributed by atoms with Gasteiger partial charge < -0.3 is 0 Å². The maximum absolute atomic E-state index is 12.0. The molecule has 0 bridgehead atoms. The molecule has 7 heteroatoms. The van der Waals surface area contributed by atoms with Crippen LogP contribution in [-0.4, -0.2) is 43.7 Å². The molecule has 0 unspecified atom stereocenters. The van der Waals surface area contributed by atoms with E-state index in [9.17, 15) is 4.79 Å². The average molecular weight is 247 g/mol. The van der Waals surface area contributed by atoms with Crippen LogP contribution >= 0.6 is 0 Å². The molecule has 0 saturated carbocycles. The maximum Gasteiger partial charge on any atom is 0.317 e. The smallest absolute Gasteiger partial charge is 0.271 e. The number of carbonyl (C=O) groups excluding carboxylic acids is 1. The Morgan fingerprint density at radius 2 is 2.22 bits per heavy atom. The Balaban J connectivity index is 2.02. The van der Waals surface area contributed by atoms with Crippen molar-refractivity contribution in [2.24, 2.45) is 0 Å². The van der Waals surface area contributed by atoms with E-state index in [0.29, 0.717) is 18.9 Å². The van der Waals surface area contributed by atoms with Crippen LogP contribution in [0.2, 0.25) is 0 Å². The summed E-state index contributed by atoms with van der Waals surface area (Å²) >= 11 is 0. The fourth-order valence-electron chi connectivity index (χ4n) is 1.98. The normalized spacial score (nSPS) is 15.6. The molecule has 1 amide bonds. The van der Waals surface area contributed by atoms with Crippen LogP contribution in [0.1, 0.15) is 28.4 Å². The van der Waals surface area contributed by atoms with Crippen molar-refractivity contribution in [1.29, 1.82) is 0 Å². The molecule has 2 aromatic heterocycles. The lowest BCUT2D eigenvalue weighted by Crippen LogP contribution is -2.27. The van der Waals surface area contributed by atoms with Crippen LogP contribution < -0.4 is 0 Å². The second-order valence-electron chi connectivity index (χ2n) is 4.28. The van der Waals surface area contributed by atoms with Gasteiger partial charge in [-0.3, -0.25) is 9.63 Å². The number of hydrogen-bond acceptors (Lipinski definition) is 5. The number of carbonyl (C=O) groups is 1. The lowest BCUT2D eigenvalue weighted by atomic mass is 10.4. The molecule has 7 nitrogen and oxygen atoms in total. The SMILES string of the molecule is Cc1cc(C)n2nc(C(=O)N3CCCO3)nc2n1. The van der Waals surface area contributed by atoms with E-state index < -0.39 is 0 Å². The number of fused-ring (bicyclic) bond motifs is 1. The fourth-order valence-corrected chi connectivity index (χ4v) is 1.98. The Labute approximate surface area is 103 Å². The van der Waals surface area contributed by atoms with Gasteiger partial charge in [-0.05, 0) is 26.3 Å². The lowest BCUT2D eigenvalue weighted by Gasteiger charge is -2.10. The van der Waals surface area contributed by atoms with Crippen molar-refractivity contribution in [3.8, 4) is 0 Å². The van der Waals surface area contributed by atoms with Gasteiger partial charge in [-0.2, -0.15) is 4.98 Å². The molecule has 94 valence electrons. The van der Waals surface area contributed by atoms with Crippen molar-refractivity contribution >= 4 is 11.7 Å². The molecule has 0 aliphatic carbocycles. The third-order valence-corrected chi connectivity index (χ3v) is 2.79. The number of rotatable bonds is 1. The van der Waals surface area contributed by atoms with Gasteiger partial charge in [0, 0.05) is 11.4 Å². The Bertz CT molecular complexity index is 615. The van der Waals surface area contributed by atoms with Gasteiger partial charge in [0.2, 0.25) is 5.82 Å². The van der Waals surface area contributed by atoms with Crippen LogP contribution in [0.15, 0.2) is 6.07 Å². The molecule has 1 fully saturated rings. The molecule has 0 aromatic carbocycles. The zero-order valence-electron chi connectivity index (χ0n) is 10.3. The number of hydroxylamine groups is 2. The summed E-state index contributed by atoms with van der Waals surface area (Å²) in [7, 11) is 0. The summed E-state index contributed by atoms with van der Waals surface area (Å²) < 4.78 is 1.57. The van der Waals surface area contributed by atoms with Gasteiger partial charge in [0.25, 0.3) is 5.78 Å². The monoisotopic (exact) mass is 247 g/mol. The Kier molecular flexibility index (Phi) is 2.48. The topological polar surface area (TPSA) is 72.6 Å². The van der Waals surface area contributed by atoms with Crippen LogP contribution in [-0.2, 0) is 4.84 Å². The number of aromatic nitrogens is 4. The van der Waals surface area contributed by atoms with Crippen molar-refractivity contribution in [2.75, 3.05) is 13.2 Å². The van der Waals surface area contributed by atoms with Crippen LogP contribution in [0, 0.1) is 13.8 Å². The Hall–Kier alpha value is -2.02. The zero-order chi connectivity index (χ0) is 12.7. The molecule has 0 N–H and O–H groups in total. The van der Waals surface area contributed by atoms with Crippen LogP contribution in [0.25, 0.3) is 5.78 Å². The van der Waals surface area contributed by atoms with E-state index in [1.165, 1.54) is 5.06 Å². The summed E-state index contributed by atoms with van der Waals surface area (Å²) in [5.74, 6) is 0.253. The molecule has 18 heavy (non-hydrogen) atoms. The highest BCUT2D eigenvalue weighted by Gasteiger charge is 2.25. The van der Waals surface area contributed by atoms with Crippen molar-refractivity contribution < 1.29 is 9.63 Å². The summed E-state index contributed by atoms with van der Waals surface area (Å²) in [4.78, 5) is 25.6. The molecule has 1 aliphatic rings. The minimum Gasteiger partial charge on any atom is -0.271 e. The van der Waals surface area contributed by atoms with Gasteiger partial charge in [0.15, 0.2) is 0 Å². The van der Waals surface area contributed by atoms with Gasteiger partial charge in [-0.15, -0.1) is 5.10 Å². The summed E-state index contributed by atoms with van der Waals surface area (Å²) in [6, 6.07) is 1.89.